The zero-order chi connectivity index (χ0) is 3.58. The topological polar surface area (TPSA) is 63.4 Å². The van der Waals surface area contributed by atoms with Crippen molar-refractivity contribution in [1.82, 2.24) is 0 Å². The average molecular weight is 301 g/mol. The van der Waals surface area contributed by atoms with Gasteiger partial charge in [-0.05, 0) is 0 Å². The van der Waals surface area contributed by atoms with Crippen LogP contribution in [0.25, 0.3) is 0 Å². The van der Waals surface area contributed by atoms with Crippen molar-refractivity contribution in [2.75, 3.05) is 0 Å². The Kier molecular flexibility index (Phi) is 7.50. The molecule has 5 heteroatoms. The van der Waals surface area contributed by atoms with Gasteiger partial charge in [0.15, 0.2) is 0 Å². The molecule has 5 heavy (non-hydrogen) atoms. The first-order chi connectivity index (χ1) is 1.73. The summed E-state index contributed by atoms with van der Waals surface area (Å²) < 4.78 is 0. The van der Waals surface area contributed by atoms with E-state index < -0.39 is 5.09 Å². The maximum atomic E-state index is 8.36. The second-order valence-corrected chi connectivity index (χ2v) is 0.238. The fraction of sp³-hybridized carbons (Fsp3) is 0. The molecular weight excluding hydrogens is 300 g/mol. The summed E-state index contributed by atoms with van der Waals surface area (Å²) in [4.78, 5) is 8.36. The van der Waals surface area contributed by atoms with Gasteiger partial charge in [0.25, 0.3) is 5.09 Å². The zero-order valence-corrected chi connectivity index (χ0v) is 5.52. The van der Waals surface area contributed by atoms with Gasteiger partial charge in [-0.3, -0.25) is 0 Å². The maximum Gasteiger partial charge on any atom is 0.291 e. The van der Waals surface area contributed by atoms with E-state index in [0.717, 1.165) is 0 Å². The molecule has 0 aliphatic heterocycles. The van der Waals surface area contributed by atoms with Crippen molar-refractivity contribution >= 4 is 0 Å². The Morgan fingerprint density at radius 2 is 1.80 bits per heavy atom. The van der Waals surface area contributed by atoms with Crippen LogP contribution in [0.5, 0.6) is 0 Å². The van der Waals surface area contributed by atoms with Crippen LogP contribution in [-0.4, -0.2) is 10.3 Å². The van der Waals surface area contributed by atoms with Crippen LogP contribution in [0.1, 0.15) is 0 Å². The SMILES string of the molecule is O=[N+]([O-])O.[238Pu]. The molecule has 0 spiro atoms. The number of nitrogens with zero attached hydrogens (tertiary/aromatic N) is 1. The van der Waals surface area contributed by atoms with E-state index in [0.29, 0.717) is 0 Å². The molecule has 0 aliphatic carbocycles. The Morgan fingerprint density at radius 3 is 1.80 bits per heavy atom. The summed E-state index contributed by atoms with van der Waals surface area (Å²) in [6.07, 6.45) is 0. The summed E-state index contributed by atoms with van der Waals surface area (Å²) in [7, 11) is 0. The molecule has 30 valence electrons. The van der Waals surface area contributed by atoms with Crippen molar-refractivity contribution < 1.29 is 39.5 Å². The molecule has 0 fully saturated rings. The van der Waals surface area contributed by atoms with Gasteiger partial charge in [-0.2, -0.15) is 0 Å². The van der Waals surface area contributed by atoms with E-state index in [2.05, 4.69) is 0 Å². The van der Waals surface area contributed by atoms with E-state index in [1.165, 1.54) is 0 Å². The van der Waals surface area contributed by atoms with Gasteiger partial charge in [0.05, 0.1) is 0 Å². The van der Waals surface area contributed by atoms with E-state index in [1.54, 1.807) is 0 Å². The minimum atomic E-state index is -1.50. The van der Waals surface area contributed by atoms with Crippen molar-refractivity contribution in [3.63, 3.8) is 0 Å². The summed E-state index contributed by atoms with van der Waals surface area (Å²) in [5, 5.41) is 13.6. The Labute approximate surface area is 49.8 Å². The number of hydrogen-bond donors (Lipinski definition) is 1. The second-order valence-electron chi connectivity index (χ2n) is 0.238. The second kappa shape index (κ2) is 4.19. The number of rotatable bonds is 0. The van der Waals surface area contributed by atoms with Crippen molar-refractivity contribution in [3.05, 3.63) is 10.1 Å². The zero-order valence-electron chi connectivity index (χ0n) is 2.12. The molecule has 4 nitrogen and oxygen atoms in total. The van der Waals surface area contributed by atoms with Crippen molar-refractivity contribution in [2.24, 2.45) is 0 Å². The van der Waals surface area contributed by atoms with Gasteiger partial charge >= 0.3 is 0 Å². The molecule has 0 radical (unpaired) electrons. The first-order valence-electron chi connectivity index (χ1n) is 0.565. The van der Waals surface area contributed by atoms with Crippen LogP contribution in [0.3, 0.4) is 0 Å². The third-order valence-corrected chi connectivity index (χ3v) is 0. The van der Waals surface area contributed by atoms with E-state index in [4.69, 9.17) is 15.3 Å². The van der Waals surface area contributed by atoms with Crippen LogP contribution >= 0.6 is 0 Å². The Hall–Kier alpha value is 0.187. The Bertz CT molecular complexity index is 29.9. The summed E-state index contributed by atoms with van der Waals surface area (Å²) in [5.74, 6) is 0. The molecule has 0 aromatic carbocycles. The van der Waals surface area contributed by atoms with Crippen molar-refractivity contribution in [2.45, 2.75) is 0 Å². The molecule has 0 saturated heterocycles. The molecule has 0 aromatic heterocycles. The molecule has 0 saturated carbocycles. The molecular formula is HNO3Pu. The molecule has 0 bridgehead atoms. The van der Waals surface area contributed by atoms with Crippen LogP contribution in [0.2, 0.25) is 0 Å². The van der Waals surface area contributed by atoms with Gasteiger partial charge < -0.3 is 5.21 Å². The molecule has 0 aliphatic rings. The fourth-order valence-electron chi connectivity index (χ4n) is 0. The molecule has 0 unspecified atom stereocenters. The number of hydrogen-bond acceptors (Lipinski definition) is 2. The monoisotopic (exact) mass is 301 g/mol. The van der Waals surface area contributed by atoms with Gasteiger partial charge in [-0.1, -0.05) is 0 Å². The smallest absolute Gasteiger partial charge is 0.291 e. The standard InChI is InChI=1S/HNO3.Pu/c2-1(3)4;/h(H,2,3,4);/i;1-6. The normalized spacial score (nSPS) is 4.80. The van der Waals surface area contributed by atoms with Gasteiger partial charge in [0.1, 0.15) is 0 Å². The van der Waals surface area contributed by atoms with Gasteiger partial charge in [0.2, 0.25) is 0 Å². The van der Waals surface area contributed by atoms with Crippen LogP contribution in [0.15, 0.2) is 0 Å². The molecule has 0 rings (SSSR count). The quantitative estimate of drug-likeness (QED) is 0.491. The third kappa shape index (κ3) is 573. The molecule has 1 N–H and O–H groups in total. The first kappa shape index (κ1) is 8.95. The van der Waals surface area contributed by atoms with Gasteiger partial charge in [-0.15, -0.1) is 10.1 Å². The summed E-state index contributed by atoms with van der Waals surface area (Å²) in [6, 6.07) is 0. The minimum absolute atomic E-state index is 0. The van der Waals surface area contributed by atoms with Gasteiger partial charge in [-0.25, -0.2) is 0 Å². The van der Waals surface area contributed by atoms with E-state index in [1.807, 2.05) is 0 Å². The Balaban J connectivity index is 0. The predicted octanol–water partition coefficient (Wildman–Crippen LogP) is -0.348. The largest absolute Gasteiger partial charge is 0.328 e. The third-order valence-electron chi connectivity index (χ3n) is 0. The fourth-order valence-corrected chi connectivity index (χ4v) is 0. The van der Waals surface area contributed by atoms with Gasteiger partial charge in [0, 0.05) is 29.2 Å². The summed E-state index contributed by atoms with van der Waals surface area (Å²) in [5.41, 5.74) is 0. The van der Waals surface area contributed by atoms with Crippen LogP contribution in [0.4, 0.5) is 0 Å². The summed E-state index contributed by atoms with van der Waals surface area (Å²) in [6.45, 7) is 0. The van der Waals surface area contributed by atoms with Crippen LogP contribution in [0, 0.1) is 39.3 Å². The average Bonchev–Trinajstić information content (AvgIpc) is 0.811. The van der Waals surface area contributed by atoms with Crippen LogP contribution in [-0.2, 0) is 0 Å². The molecule has 0 aromatic rings. The van der Waals surface area contributed by atoms with Crippen molar-refractivity contribution in [1.29, 1.82) is 0 Å². The molecule has 0 heterocycles. The Morgan fingerprint density at radius 1 is 1.80 bits per heavy atom. The van der Waals surface area contributed by atoms with Crippen molar-refractivity contribution in [3.8, 4) is 0 Å². The molecule has 0 amide bonds. The summed E-state index contributed by atoms with van der Waals surface area (Å²) >= 11 is 0. The van der Waals surface area contributed by atoms with E-state index >= 15 is 0 Å². The minimum Gasteiger partial charge on any atom is -0.328 e. The van der Waals surface area contributed by atoms with Crippen LogP contribution < -0.4 is 0 Å². The maximum absolute atomic E-state index is 8.36. The van der Waals surface area contributed by atoms with E-state index in [-0.39, 0.29) is 29.2 Å². The first-order valence-corrected chi connectivity index (χ1v) is 0.565. The van der Waals surface area contributed by atoms with E-state index in [9.17, 15) is 0 Å². The predicted molar refractivity (Wildman–Crippen MR) is 8.78 cm³/mol. The molecule has 0 atom stereocenters.